The first kappa shape index (κ1) is 12.8. The zero-order chi connectivity index (χ0) is 10.8. The maximum Gasteiger partial charge on any atom is 0.320 e. The van der Waals surface area contributed by atoms with Crippen molar-refractivity contribution in [3.05, 3.63) is 6.33 Å². The Labute approximate surface area is 85.5 Å². The van der Waals surface area contributed by atoms with Crippen LogP contribution in [0.5, 0.6) is 0 Å². The Kier molecular flexibility index (Phi) is 7.75. The number of H-pyrrole nitrogens is 1. The molecule has 1 unspecified atom stereocenters. The lowest BCUT2D eigenvalue weighted by molar-refractivity contribution is -0.138. The van der Waals surface area contributed by atoms with Crippen LogP contribution in [0, 0.1) is 0 Å². The minimum Gasteiger partial charge on any atom is -0.480 e. The van der Waals surface area contributed by atoms with E-state index in [9.17, 15) is 4.79 Å². The number of tetrazole rings is 1. The fraction of sp³-hybridized carbons (Fsp3) is 0.667. The van der Waals surface area contributed by atoms with Crippen molar-refractivity contribution in [3.63, 3.8) is 0 Å². The van der Waals surface area contributed by atoms with E-state index in [4.69, 9.17) is 10.8 Å². The Morgan fingerprint density at radius 3 is 2.79 bits per heavy atom. The van der Waals surface area contributed by atoms with Gasteiger partial charge in [-0.15, -0.1) is 5.10 Å². The molecular weight excluding hydrogens is 206 g/mol. The van der Waals surface area contributed by atoms with E-state index in [0.717, 1.165) is 5.75 Å². The number of carbonyl (C=O) groups is 1. The lowest BCUT2D eigenvalue weighted by atomic mass is 10.2. The van der Waals surface area contributed by atoms with Crippen LogP contribution in [0.4, 0.5) is 0 Å². The zero-order valence-electron chi connectivity index (χ0n) is 7.75. The molecule has 1 rings (SSSR count). The third kappa shape index (κ3) is 7.50. The third-order valence-electron chi connectivity index (χ3n) is 1.22. The van der Waals surface area contributed by atoms with Crippen LogP contribution in [0.3, 0.4) is 0 Å². The van der Waals surface area contributed by atoms with Gasteiger partial charge in [0.05, 0.1) is 0 Å². The number of nitrogens with two attached hydrogens (primary N) is 1. The molecule has 0 spiro atoms. The molecule has 1 aromatic rings. The number of aromatic nitrogens is 4. The van der Waals surface area contributed by atoms with Crippen LogP contribution in [-0.2, 0) is 4.79 Å². The van der Waals surface area contributed by atoms with E-state index in [0.29, 0.717) is 6.42 Å². The number of hydrogen-bond donors (Lipinski definition) is 3. The molecule has 0 radical (unpaired) electrons. The second-order valence-electron chi connectivity index (χ2n) is 2.29. The second kappa shape index (κ2) is 8.45. The molecule has 80 valence electrons. The van der Waals surface area contributed by atoms with Crippen LogP contribution in [0.1, 0.15) is 6.42 Å². The number of aromatic amines is 1. The van der Waals surface area contributed by atoms with E-state index >= 15 is 0 Å². The van der Waals surface area contributed by atoms with Crippen LogP contribution < -0.4 is 5.73 Å². The molecule has 0 aliphatic rings. The van der Waals surface area contributed by atoms with Crippen molar-refractivity contribution in [3.8, 4) is 0 Å². The van der Waals surface area contributed by atoms with E-state index in [2.05, 4.69) is 20.6 Å². The first-order valence-corrected chi connectivity index (χ1v) is 5.22. The monoisotopic (exact) mass is 219 g/mol. The zero-order valence-corrected chi connectivity index (χ0v) is 8.57. The van der Waals surface area contributed by atoms with Gasteiger partial charge in [0.2, 0.25) is 0 Å². The summed E-state index contributed by atoms with van der Waals surface area (Å²) in [6.45, 7) is 0. The fourth-order valence-corrected chi connectivity index (χ4v) is 0.987. The highest BCUT2D eigenvalue weighted by Crippen LogP contribution is 1.97. The molecule has 7 nitrogen and oxygen atoms in total. The van der Waals surface area contributed by atoms with E-state index in [1.807, 2.05) is 6.26 Å². The fourth-order valence-electron chi connectivity index (χ4n) is 0.497. The lowest BCUT2D eigenvalue weighted by Crippen LogP contribution is -2.30. The highest BCUT2D eigenvalue weighted by molar-refractivity contribution is 7.98. The van der Waals surface area contributed by atoms with Gasteiger partial charge in [0.25, 0.3) is 0 Å². The quantitative estimate of drug-likeness (QED) is 0.615. The van der Waals surface area contributed by atoms with Gasteiger partial charge in [0, 0.05) is 0 Å². The van der Waals surface area contributed by atoms with Gasteiger partial charge in [-0.25, -0.2) is 5.10 Å². The predicted octanol–water partition coefficient (Wildman–Crippen LogP) is -0.649. The smallest absolute Gasteiger partial charge is 0.320 e. The largest absolute Gasteiger partial charge is 0.480 e. The van der Waals surface area contributed by atoms with Crippen LogP contribution in [0.15, 0.2) is 6.33 Å². The predicted molar refractivity (Wildman–Crippen MR) is 52.8 cm³/mol. The number of carboxylic acid groups (broad SMARTS) is 1. The number of nitrogens with one attached hydrogen (secondary N) is 1. The molecule has 0 bridgehead atoms. The van der Waals surface area contributed by atoms with Crippen LogP contribution in [-0.4, -0.2) is 49.8 Å². The van der Waals surface area contributed by atoms with Gasteiger partial charge in [-0.05, 0) is 28.9 Å². The Morgan fingerprint density at radius 2 is 2.50 bits per heavy atom. The number of carboxylic acids is 1. The summed E-state index contributed by atoms with van der Waals surface area (Å²) in [5.74, 6) is -0.1000. The van der Waals surface area contributed by atoms with E-state index < -0.39 is 12.0 Å². The summed E-state index contributed by atoms with van der Waals surface area (Å²) in [5, 5.41) is 20.4. The normalized spacial score (nSPS) is 11.3. The molecule has 1 atom stereocenters. The lowest BCUT2D eigenvalue weighted by Gasteiger charge is -2.02. The highest BCUT2D eigenvalue weighted by atomic mass is 32.2. The molecule has 0 aromatic carbocycles. The van der Waals surface area contributed by atoms with Crippen molar-refractivity contribution in [1.29, 1.82) is 0 Å². The van der Waals surface area contributed by atoms with Gasteiger partial charge in [-0.3, -0.25) is 4.79 Å². The Morgan fingerprint density at radius 1 is 1.79 bits per heavy atom. The maximum atomic E-state index is 10.1. The summed E-state index contributed by atoms with van der Waals surface area (Å²) < 4.78 is 0. The molecule has 0 aliphatic carbocycles. The summed E-state index contributed by atoms with van der Waals surface area (Å²) in [6, 6.07) is -0.683. The highest BCUT2D eigenvalue weighted by Gasteiger charge is 2.08. The van der Waals surface area contributed by atoms with Crippen molar-refractivity contribution < 1.29 is 9.90 Å². The minimum absolute atomic E-state index is 0.552. The SMILES string of the molecule is CSCCC(N)C(=O)O.c1nnn[nH]1. The average Bonchev–Trinajstić information content (AvgIpc) is 2.71. The summed E-state index contributed by atoms with van der Waals surface area (Å²) in [5.41, 5.74) is 5.19. The van der Waals surface area contributed by atoms with Crippen molar-refractivity contribution in [2.45, 2.75) is 12.5 Å². The Bertz CT molecular complexity index is 213. The third-order valence-corrected chi connectivity index (χ3v) is 1.86. The maximum absolute atomic E-state index is 10.1. The second-order valence-corrected chi connectivity index (χ2v) is 3.27. The molecule has 0 saturated heterocycles. The summed E-state index contributed by atoms with van der Waals surface area (Å²) in [6.07, 6.45) is 3.88. The van der Waals surface area contributed by atoms with E-state index in [1.54, 1.807) is 11.8 Å². The van der Waals surface area contributed by atoms with Crippen LogP contribution >= 0.6 is 11.8 Å². The van der Waals surface area contributed by atoms with Crippen molar-refractivity contribution in [2.75, 3.05) is 12.0 Å². The summed E-state index contributed by atoms with van der Waals surface area (Å²) in [7, 11) is 0. The molecular formula is C6H13N5O2S. The summed E-state index contributed by atoms with van der Waals surface area (Å²) >= 11 is 1.60. The number of hydrogen-bond acceptors (Lipinski definition) is 6. The Balaban J connectivity index is 0.000000280. The first-order valence-electron chi connectivity index (χ1n) is 3.83. The molecule has 14 heavy (non-hydrogen) atoms. The van der Waals surface area contributed by atoms with Gasteiger partial charge in [0.15, 0.2) is 0 Å². The number of aliphatic carboxylic acids is 1. The van der Waals surface area contributed by atoms with Gasteiger partial charge >= 0.3 is 5.97 Å². The van der Waals surface area contributed by atoms with Crippen molar-refractivity contribution >= 4 is 17.7 Å². The van der Waals surface area contributed by atoms with E-state index in [-0.39, 0.29) is 0 Å². The molecule has 0 aliphatic heterocycles. The van der Waals surface area contributed by atoms with Gasteiger partial charge in [-0.2, -0.15) is 11.8 Å². The number of thioether (sulfide) groups is 1. The first-order chi connectivity index (χ1) is 6.68. The molecule has 0 amide bonds. The van der Waals surface area contributed by atoms with Gasteiger partial charge < -0.3 is 10.8 Å². The van der Waals surface area contributed by atoms with Crippen LogP contribution in [0.2, 0.25) is 0 Å². The average molecular weight is 219 g/mol. The van der Waals surface area contributed by atoms with Gasteiger partial charge in [0.1, 0.15) is 12.4 Å². The van der Waals surface area contributed by atoms with Crippen molar-refractivity contribution in [2.24, 2.45) is 5.73 Å². The number of rotatable bonds is 4. The molecule has 0 saturated carbocycles. The summed E-state index contributed by atoms with van der Waals surface area (Å²) in [4.78, 5) is 10.1. The molecule has 0 fully saturated rings. The van der Waals surface area contributed by atoms with Crippen LogP contribution in [0.25, 0.3) is 0 Å². The number of nitrogens with zero attached hydrogens (tertiary/aromatic N) is 3. The van der Waals surface area contributed by atoms with Gasteiger partial charge in [-0.1, -0.05) is 0 Å². The molecule has 1 heterocycles. The van der Waals surface area contributed by atoms with Crippen molar-refractivity contribution in [1.82, 2.24) is 20.6 Å². The molecule has 4 N–H and O–H groups in total. The molecule has 1 aromatic heterocycles. The molecule has 8 heteroatoms. The van der Waals surface area contributed by atoms with E-state index in [1.165, 1.54) is 6.33 Å². The Hall–Kier alpha value is -1.15. The standard InChI is InChI=1S/C5H11NO2S.CH2N4/c1-9-3-2-4(6)5(7)8;1-2-4-5-3-1/h4H,2-3,6H2,1H3,(H,7,8);1H,(H,2,3,4,5). The minimum atomic E-state index is -0.913. The topological polar surface area (TPSA) is 118 Å².